The average molecular weight is 458 g/mol. The predicted octanol–water partition coefficient (Wildman–Crippen LogP) is 2.22. The number of benzene rings is 2. The molecule has 5 rings (SSSR count). The topological polar surface area (TPSA) is 97.4 Å². The fraction of sp³-hybridized carbons (Fsp3) is 0.318. The lowest BCUT2D eigenvalue weighted by molar-refractivity contribution is -0.125. The molecule has 32 heavy (non-hydrogen) atoms. The summed E-state index contributed by atoms with van der Waals surface area (Å²) in [5.41, 5.74) is 1.73. The SMILES string of the molecule is O=C(NCC1OC(=O)N2c3ccc(N4CCOCC4=O)cc3OCC12)c1ccc(Cl)cc1. The molecule has 0 radical (unpaired) electrons. The Morgan fingerprint density at radius 2 is 1.97 bits per heavy atom. The minimum atomic E-state index is -0.563. The minimum absolute atomic E-state index is 0.0435. The molecule has 0 saturated carbocycles. The maximum atomic E-state index is 12.6. The first-order valence-electron chi connectivity index (χ1n) is 10.2. The van der Waals surface area contributed by atoms with Gasteiger partial charge in [-0.1, -0.05) is 11.6 Å². The zero-order valence-electron chi connectivity index (χ0n) is 17.0. The molecular weight excluding hydrogens is 438 g/mol. The number of hydrogen-bond donors (Lipinski definition) is 1. The Kier molecular flexibility index (Phi) is 5.36. The van der Waals surface area contributed by atoms with Gasteiger partial charge in [-0.2, -0.15) is 0 Å². The fourth-order valence-corrected chi connectivity index (χ4v) is 4.18. The van der Waals surface area contributed by atoms with Crippen LogP contribution in [0.4, 0.5) is 16.2 Å². The number of carbonyl (C=O) groups is 3. The zero-order valence-corrected chi connectivity index (χ0v) is 17.7. The van der Waals surface area contributed by atoms with E-state index in [1.54, 1.807) is 52.3 Å². The van der Waals surface area contributed by atoms with Gasteiger partial charge in [0.15, 0.2) is 0 Å². The molecule has 3 aliphatic heterocycles. The minimum Gasteiger partial charge on any atom is -0.489 e. The van der Waals surface area contributed by atoms with Crippen molar-refractivity contribution in [3.63, 3.8) is 0 Å². The summed E-state index contributed by atoms with van der Waals surface area (Å²) in [6.07, 6.45) is -1.06. The molecule has 2 saturated heterocycles. The highest BCUT2D eigenvalue weighted by atomic mass is 35.5. The maximum absolute atomic E-state index is 12.6. The molecule has 2 unspecified atom stereocenters. The van der Waals surface area contributed by atoms with E-state index >= 15 is 0 Å². The van der Waals surface area contributed by atoms with Crippen molar-refractivity contribution in [3.8, 4) is 5.75 Å². The van der Waals surface area contributed by atoms with Gasteiger partial charge in [-0.15, -0.1) is 0 Å². The number of nitrogens with zero attached hydrogens (tertiary/aromatic N) is 2. The summed E-state index contributed by atoms with van der Waals surface area (Å²) in [6, 6.07) is 11.4. The predicted molar refractivity (Wildman–Crippen MR) is 115 cm³/mol. The van der Waals surface area contributed by atoms with Crippen LogP contribution in [-0.2, 0) is 14.3 Å². The van der Waals surface area contributed by atoms with Gasteiger partial charge in [0.25, 0.3) is 11.8 Å². The van der Waals surface area contributed by atoms with Gasteiger partial charge in [-0.05, 0) is 36.4 Å². The third-order valence-electron chi connectivity index (χ3n) is 5.69. The van der Waals surface area contributed by atoms with Gasteiger partial charge >= 0.3 is 6.09 Å². The maximum Gasteiger partial charge on any atom is 0.415 e. The molecule has 0 aliphatic carbocycles. The average Bonchev–Trinajstić information content (AvgIpc) is 3.13. The molecule has 3 heterocycles. The highest BCUT2D eigenvalue weighted by molar-refractivity contribution is 6.30. The van der Waals surface area contributed by atoms with E-state index in [1.807, 2.05) is 0 Å². The van der Waals surface area contributed by atoms with Crippen molar-refractivity contribution < 1.29 is 28.6 Å². The van der Waals surface area contributed by atoms with Gasteiger partial charge in [-0.3, -0.25) is 14.5 Å². The van der Waals surface area contributed by atoms with E-state index in [0.29, 0.717) is 40.9 Å². The van der Waals surface area contributed by atoms with Crippen molar-refractivity contribution >= 4 is 40.9 Å². The summed E-state index contributed by atoms with van der Waals surface area (Å²) in [7, 11) is 0. The van der Waals surface area contributed by atoms with Crippen molar-refractivity contribution in [1.29, 1.82) is 0 Å². The molecule has 0 aromatic heterocycles. The molecule has 0 bridgehead atoms. The summed E-state index contributed by atoms with van der Waals surface area (Å²) in [4.78, 5) is 40.3. The van der Waals surface area contributed by atoms with E-state index < -0.39 is 12.2 Å². The van der Waals surface area contributed by atoms with Crippen molar-refractivity contribution in [2.24, 2.45) is 0 Å². The second-order valence-corrected chi connectivity index (χ2v) is 8.07. The number of fused-ring (bicyclic) bond motifs is 3. The van der Waals surface area contributed by atoms with Crippen molar-refractivity contribution in [2.45, 2.75) is 12.1 Å². The number of rotatable bonds is 4. The summed E-state index contributed by atoms with van der Waals surface area (Å²) >= 11 is 5.86. The second-order valence-electron chi connectivity index (χ2n) is 7.64. The third kappa shape index (κ3) is 3.74. The van der Waals surface area contributed by atoms with E-state index in [0.717, 1.165) is 0 Å². The Balaban J connectivity index is 1.29. The molecule has 2 atom stereocenters. The molecule has 2 aromatic carbocycles. The fourth-order valence-electron chi connectivity index (χ4n) is 4.05. The van der Waals surface area contributed by atoms with E-state index in [-0.39, 0.29) is 37.6 Å². The van der Waals surface area contributed by atoms with Crippen LogP contribution in [-0.4, -0.2) is 63.0 Å². The summed E-state index contributed by atoms with van der Waals surface area (Å²) < 4.78 is 16.6. The normalized spacial score (nSPS) is 22.0. The standard InChI is InChI=1S/C22H20ClN3O6/c23-14-3-1-13(2-4-14)21(28)24-10-19-17-11-31-18-9-15(25-7-8-30-12-20(25)27)5-6-16(18)26(17)22(29)32-19/h1-6,9,17,19H,7-8,10-12H2,(H,24,28). The van der Waals surface area contributed by atoms with Gasteiger partial charge in [0, 0.05) is 28.9 Å². The van der Waals surface area contributed by atoms with E-state index in [1.165, 1.54) is 0 Å². The lowest BCUT2D eigenvalue weighted by Crippen LogP contribution is -2.48. The summed E-state index contributed by atoms with van der Waals surface area (Å²) in [5, 5.41) is 3.34. The molecule has 2 fully saturated rings. The van der Waals surface area contributed by atoms with Gasteiger partial charge < -0.3 is 24.4 Å². The van der Waals surface area contributed by atoms with Crippen LogP contribution in [0.3, 0.4) is 0 Å². The van der Waals surface area contributed by atoms with Gasteiger partial charge in [-0.25, -0.2) is 4.79 Å². The molecule has 3 aliphatic rings. The number of halogens is 1. The Morgan fingerprint density at radius 1 is 1.16 bits per heavy atom. The van der Waals surface area contributed by atoms with Gasteiger partial charge in [0.2, 0.25) is 0 Å². The largest absolute Gasteiger partial charge is 0.489 e. The van der Waals surface area contributed by atoms with Crippen molar-refractivity contribution in [3.05, 3.63) is 53.1 Å². The number of morpholine rings is 1. The van der Waals surface area contributed by atoms with Crippen LogP contribution >= 0.6 is 11.6 Å². The molecule has 1 N–H and O–H groups in total. The number of hydrogen-bond acceptors (Lipinski definition) is 6. The third-order valence-corrected chi connectivity index (χ3v) is 5.94. The number of anilines is 2. The van der Waals surface area contributed by atoms with Crippen molar-refractivity contribution in [2.75, 3.05) is 42.7 Å². The number of cyclic esters (lactones) is 1. The number of carbonyl (C=O) groups excluding carboxylic acids is 3. The summed E-state index contributed by atoms with van der Waals surface area (Å²) in [6.45, 7) is 1.32. The number of amides is 3. The molecular formula is C22H20ClN3O6. The first-order chi connectivity index (χ1) is 15.5. The van der Waals surface area contributed by atoms with Crippen LogP contribution in [0.25, 0.3) is 0 Å². The van der Waals surface area contributed by atoms with Crippen LogP contribution < -0.4 is 19.9 Å². The zero-order chi connectivity index (χ0) is 22.2. The highest BCUT2D eigenvalue weighted by Gasteiger charge is 2.46. The Labute approximate surface area is 188 Å². The van der Waals surface area contributed by atoms with E-state index in [2.05, 4.69) is 5.32 Å². The molecule has 0 spiro atoms. The van der Waals surface area contributed by atoms with E-state index in [4.69, 9.17) is 25.8 Å². The van der Waals surface area contributed by atoms with Gasteiger partial charge in [0.05, 0.1) is 18.8 Å². The smallest absolute Gasteiger partial charge is 0.415 e. The van der Waals surface area contributed by atoms with Crippen LogP contribution in [0.1, 0.15) is 10.4 Å². The lowest BCUT2D eigenvalue weighted by Gasteiger charge is -2.33. The Hall–Kier alpha value is -3.30. The summed E-state index contributed by atoms with van der Waals surface area (Å²) in [5.74, 6) is 0.0934. The Morgan fingerprint density at radius 3 is 2.75 bits per heavy atom. The second kappa shape index (κ2) is 8.33. The van der Waals surface area contributed by atoms with Crippen LogP contribution in [0.2, 0.25) is 5.02 Å². The first kappa shape index (κ1) is 20.6. The molecule has 9 nitrogen and oxygen atoms in total. The van der Waals surface area contributed by atoms with Crippen LogP contribution in [0.15, 0.2) is 42.5 Å². The lowest BCUT2D eigenvalue weighted by atomic mass is 10.1. The van der Waals surface area contributed by atoms with Crippen LogP contribution in [0.5, 0.6) is 5.75 Å². The molecule has 10 heteroatoms. The number of nitrogens with one attached hydrogen (secondary N) is 1. The monoisotopic (exact) mass is 457 g/mol. The molecule has 3 amide bonds. The quantitative estimate of drug-likeness (QED) is 0.756. The van der Waals surface area contributed by atoms with Gasteiger partial charge in [0.1, 0.15) is 31.1 Å². The first-order valence-corrected chi connectivity index (χ1v) is 10.6. The highest BCUT2D eigenvalue weighted by Crippen LogP contribution is 2.41. The molecule has 2 aromatic rings. The number of ether oxygens (including phenoxy) is 3. The van der Waals surface area contributed by atoms with Crippen molar-refractivity contribution in [1.82, 2.24) is 5.32 Å². The Bertz CT molecular complexity index is 1080. The van der Waals surface area contributed by atoms with E-state index in [9.17, 15) is 14.4 Å². The van der Waals surface area contributed by atoms with Crippen LogP contribution in [0, 0.1) is 0 Å². The molecule has 166 valence electrons.